The molecule has 1 aliphatic rings. The molecule has 1 aliphatic heterocycles. The molecular formula is C18H23BrN2. The molecule has 0 radical (unpaired) electrons. The van der Waals surface area contributed by atoms with Crippen molar-refractivity contribution in [3.05, 3.63) is 60.2 Å². The summed E-state index contributed by atoms with van der Waals surface area (Å²) in [6.07, 6.45) is 1.54. The van der Waals surface area contributed by atoms with E-state index in [-0.39, 0.29) is 17.0 Å². The van der Waals surface area contributed by atoms with Gasteiger partial charge in [0.25, 0.3) is 0 Å². The first-order valence-electron chi connectivity index (χ1n) is 7.47. The highest BCUT2D eigenvalue weighted by atomic mass is 79.9. The molecule has 21 heavy (non-hydrogen) atoms. The van der Waals surface area contributed by atoms with E-state index >= 15 is 0 Å². The van der Waals surface area contributed by atoms with Crippen molar-refractivity contribution in [1.29, 1.82) is 0 Å². The highest BCUT2D eigenvalue weighted by Crippen LogP contribution is 2.38. The molecule has 0 saturated carbocycles. The number of halogens is 1. The zero-order valence-electron chi connectivity index (χ0n) is 12.7. The van der Waals surface area contributed by atoms with Gasteiger partial charge in [0.15, 0.2) is 0 Å². The summed E-state index contributed by atoms with van der Waals surface area (Å²) in [4.78, 5) is 4.99. The topological polar surface area (TPSA) is 6.48 Å². The van der Waals surface area contributed by atoms with Crippen LogP contribution in [0.5, 0.6) is 0 Å². The third kappa shape index (κ3) is 3.08. The quantitative estimate of drug-likeness (QED) is 0.804. The summed E-state index contributed by atoms with van der Waals surface area (Å²) in [6, 6.07) is 19.5. The van der Waals surface area contributed by atoms with Gasteiger partial charge in [-0.25, -0.2) is 0 Å². The Morgan fingerprint density at radius 2 is 1.43 bits per heavy atom. The van der Waals surface area contributed by atoms with E-state index in [4.69, 9.17) is 0 Å². The van der Waals surface area contributed by atoms with Crippen molar-refractivity contribution in [2.45, 2.75) is 26.4 Å². The number of nitrogens with zero attached hydrogens (tertiary/aromatic N) is 2. The van der Waals surface area contributed by atoms with Crippen LogP contribution in [0.2, 0.25) is 0 Å². The van der Waals surface area contributed by atoms with Gasteiger partial charge in [-0.15, -0.1) is 17.0 Å². The molecule has 0 fully saturated rings. The van der Waals surface area contributed by atoms with E-state index in [0.29, 0.717) is 6.17 Å². The SMILES string of the molecule is Br.CCN1c2ccccc2N(CCc2ccccc2)C1C. The van der Waals surface area contributed by atoms with Gasteiger partial charge in [0.2, 0.25) is 0 Å². The molecular weight excluding hydrogens is 324 g/mol. The second kappa shape index (κ2) is 6.99. The number of rotatable bonds is 4. The maximum absolute atomic E-state index is 2.52. The van der Waals surface area contributed by atoms with Crippen LogP contribution in [0.15, 0.2) is 54.6 Å². The Morgan fingerprint density at radius 3 is 2.05 bits per heavy atom. The number of hydrogen-bond acceptors (Lipinski definition) is 2. The Morgan fingerprint density at radius 1 is 0.857 bits per heavy atom. The van der Waals surface area contributed by atoms with Crippen LogP contribution in [-0.4, -0.2) is 19.3 Å². The fraction of sp³-hybridized carbons (Fsp3) is 0.333. The van der Waals surface area contributed by atoms with Crippen molar-refractivity contribution in [2.75, 3.05) is 22.9 Å². The number of hydrogen-bond donors (Lipinski definition) is 0. The number of fused-ring (bicyclic) bond motifs is 1. The van der Waals surface area contributed by atoms with Gasteiger partial charge in [-0.3, -0.25) is 0 Å². The summed E-state index contributed by atoms with van der Waals surface area (Å²) in [6.45, 7) is 6.65. The van der Waals surface area contributed by atoms with Crippen LogP contribution in [0.3, 0.4) is 0 Å². The van der Waals surface area contributed by atoms with Gasteiger partial charge in [0.1, 0.15) is 0 Å². The molecule has 0 N–H and O–H groups in total. The van der Waals surface area contributed by atoms with Gasteiger partial charge in [-0.05, 0) is 38.0 Å². The average Bonchev–Trinajstić information content (AvgIpc) is 2.77. The molecule has 0 spiro atoms. The Hall–Kier alpha value is -1.48. The molecule has 1 atom stereocenters. The van der Waals surface area contributed by atoms with Crippen LogP contribution in [0.4, 0.5) is 11.4 Å². The van der Waals surface area contributed by atoms with E-state index in [0.717, 1.165) is 19.5 Å². The van der Waals surface area contributed by atoms with E-state index in [1.807, 2.05) is 0 Å². The van der Waals surface area contributed by atoms with Crippen LogP contribution in [0.25, 0.3) is 0 Å². The van der Waals surface area contributed by atoms with Gasteiger partial charge < -0.3 is 9.80 Å². The van der Waals surface area contributed by atoms with Crippen LogP contribution in [0, 0.1) is 0 Å². The maximum atomic E-state index is 2.52. The summed E-state index contributed by atoms with van der Waals surface area (Å²) in [5, 5.41) is 0. The number of anilines is 2. The monoisotopic (exact) mass is 346 g/mol. The lowest BCUT2D eigenvalue weighted by Gasteiger charge is -2.29. The molecule has 0 aromatic heterocycles. The fourth-order valence-corrected chi connectivity index (χ4v) is 3.16. The predicted octanol–water partition coefficient (Wildman–Crippen LogP) is 4.50. The molecule has 2 aromatic rings. The lowest BCUT2D eigenvalue weighted by atomic mass is 10.1. The van der Waals surface area contributed by atoms with E-state index in [2.05, 4.69) is 78.2 Å². The van der Waals surface area contributed by atoms with Crippen molar-refractivity contribution < 1.29 is 0 Å². The summed E-state index contributed by atoms with van der Waals surface area (Å²) >= 11 is 0. The molecule has 1 unspecified atom stereocenters. The first-order chi connectivity index (χ1) is 9.81. The van der Waals surface area contributed by atoms with Crippen molar-refractivity contribution in [1.82, 2.24) is 0 Å². The standard InChI is InChI=1S/C18H22N2.BrH/c1-3-19-15(2)20(18-12-8-7-11-17(18)19)14-13-16-9-5-4-6-10-16;/h4-12,15H,3,13-14H2,1-2H3;1H. The Labute approximate surface area is 138 Å². The second-order valence-electron chi connectivity index (χ2n) is 5.34. The first-order valence-corrected chi connectivity index (χ1v) is 7.47. The first kappa shape index (κ1) is 15.9. The minimum Gasteiger partial charge on any atom is -0.350 e. The van der Waals surface area contributed by atoms with Gasteiger partial charge in [0, 0.05) is 13.1 Å². The minimum absolute atomic E-state index is 0. The second-order valence-corrected chi connectivity index (χ2v) is 5.34. The summed E-state index contributed by atoms with van der Waals surface area (Å²) < 4.78 is 0. The van der Waals surface area contributed by atoms with Gasteiger partial charge in [0.05, 0.1) is 17.5 Å². The molecule has 0 bridgehead atoms. The number of benzene rings is 2. The number of para-hydroxylation sites is 2. The molecule has 0 aliphatic carbocycles. The molecule has 3 rings (SSSR count). The van der Waals surface area contributed by atoms with Gasteiger partial charge in [-0.2, -0.15) is 0 Å². The minimum atomic E-state index is 0. The predicted molar refractivity (Wildman–Crippen MR) is 96.7 cm³/mol. The summed E-state index contributed by atoms with van der Waals surface area (Å²) in [5.41, 5.74) is 4.15. The van der Waals surface area contributed by atoms with E-state index in [1.54, 1.807) is 0 Å². The normalized spacial score (nSPS) is 16.6. The van der Waals surface area contributed by atoms with Gasteiger partial charge >= 0.3 is 0 Å². The van der Waals surface area contributed by atoms with Crippen LogP contribution < -0.4 is 9.80 Å². The third-order valence-electron chi connectivity index (χ3n) is 4.23. The van der Waals surface area contributed by atoms with Crippen molar-refractivity contribution in [2.24, 2.45) is 0 Å². The molecule has 2 nitrogen and oxygen atoms in total. The highest BCUT2D eigenvalue weighted by Gasteiger charge is 2.30. The van der Waals surface area contributed by atoms with E-state index < -0.39 is 0 Å². The molecule has 0 amide bonds. The lowest BCUT2D eigenvalue weighted by Crippen LogP contribution is -2.41. The van der Waals surface area contributed by atoms with Crippen molar-refractivity contribution in [3.8, 4) is 0 Å². The largest absolute Gasteiger partial charge is 0.350 e. The van der Waals surface area contributed by atoms with E-state index in [9.17, 15) is 0 Å². The van der Waals surface area contributed by atoms with Crippen LogP contribution in [0.1, 0.15) is 19.4 Å². The zero-order chi connectivity index (χ0) is 13.9. The smallest absolute Gasteiger partial charge is 0.0988 e. The molecule has 1 heterocycles. The van der Waals surface area contributed by atoms with Gasteiger partial charge in [-0.1, -0.05) is 42.5 Å². The Balaban J connectivity index is 0.00000161. The third-order valence-corrected chi connectivity index (χ3v) is 4.23. The molecule has 0 saturated heterocycles. The average molecular weight is 347 g/mol. The maximum Gasteiger partial charge on any atom is 0.0988 e. The van der Waals surface area contributed by atoms with Crippen molar-refractivity contribution >= 4 is 28.4 Å². The fourth-order valence-electron chi connectivity index (χ4n) is 3.16. The van der Waals surface area contributed by atoms with Crippen LogP contribution >= 0.6 is 17.0 Å². The van der Waals surface area contributed by atoms with E-state index in [1.165, 1.54) is 16.9 Å². The Bertz CT molecular complexity index is 570. The lowest BCUT2D eigenvalue weighted by molar-refractivity contribution is 0.629. The summed E-state index contributed by atoms with van der Waals surface area (Å²) in [7, 11) is 0. The highest BCUT2D eigenvalue weighted by molar-refractivity contribution is 8.93. The molecule has 112 valence electrons. The Kier molecular flexibility index (Phi) is 5.29. The molecule has 2 aromatic carbocycles. The van der Waals surface area contributed by atoms with Crippen LogP contribution in [-0.2, 0) is 6.42 Å². The molecule has 3 heteroatoms. The summed E-state index contributed by atoms with van der Waals surface area (Å²) in [5.74, 6) is 0. The van der Waals surface area contributed by atoms with Crippen molar-refractivity contribution in [3.63, 3.8) is 0 Å². The zero-order valence-corrected chi connectivity index (χ0v) is 14.4.